The number of sulfonamides is 1. The molecule has 6 heteroatoms. The zero-order chi connectivity index (χ0) is 11.8. The Hall–Kier alpha value is -0.850. The third-order valence-electron chi connectivity index (χ3n) is 2.68. The van der Waals surface area contributed by atoms with E-state index in [1.807, 2.05) is 0 Å². The first kappa shape index (κ1) is 11.6. The summed E-state index contributed by atoms with van der Waals surface area (Å²) in [5, 5.41) is 2.95. The van der Waals surface area contributed by atoms with E-state index in [4.69, 9.17) is 4.42 Å². The lowest BCUT2D eigenvalue weighted by Gasteiger charge is -2.13. The van der Waals surface area contributed by atoms with Gasteiger partial charge >= 0.3 is 0 Å². The Morgan fingerprint density at radius 3 is 2.75 bits per heavy atom. The van der Waals surface area contributed by atoms with Gasteiger partial charge in [-0.25, -0.2) is 8.42 Å². The molecular formula is C10H16N2O3S. The Labute approximate surface area is 95.5 Å². The van der Waals surface area contributed by atoms with Gasteiger partial charge in [-0.3, -0.25) is 0 Å². The molecule has 0 unspecified atom stereocenters. The summed E-state index contributed by atoms with van der Waals surface area (Å²) < 4.78 is 30.8. The maximum absolute atomic E-state index is 12.0. The molecule has 2 rings (SSSR count). The van der Waals surface area contributed by atoms with Crippen molar-refractivity contribution in [1.29, 1.82) is 0 Å². The average Bonchev–Trinajstić information content (AvgIpc) is 2.98. The summed E-state index contributed by atoms with van der Waals surface area (Å²) >= 11 is 0. The van der Waals surface area contributed by atoms with Crippen LogP contribution in [-0.4, -0.2) is 32.9 Å². The summed E-state index contributed by atoms with van der Waals surface area (Å²) in [6.07, 6.45) is 1.89. The van der Waals surface area contributed by atoms with Gasteiger partial charge in [0, 0.05) is 13.1 Å². The van der Waals surface area contributed by atoms with Crippen LogP contribution in [-0.2, 0) is 16.6 Å². The van der Waals surface area contributed by atoms with Crippen LogP contribution in [0.15, 0.2) is 21.6 Å². The number of nitrogens with one attached hydrogen (secondary N) is 1. The Morgan fingerprint density at radius 1 is 1.50 bits per heavy atom. The molecule has 0 aromatic carbocycles. The third-order valence-corrected chi connectivity index (χ3v) is 4.47. The zero-order valence-electron chi connectivity index (χ0n) is 9.43. The fraction of sp³-hybridized carbons (Fsp3) is 0.600. The van der Waals surface area contributed by atoms with Crippen LogP contribution in [0.4, 0.5) is 0 Å². The molecule has 1 aliphatic rings. The van der Waals surface area contributed by atoms with E-state index in [0.29, 0.717) is 12.3 Å². The Bertz CT molecular complexity index is 462. The highest BCUT2D eigenvalue weighted by Gasteiger charge is 2.36. The van der Waals surface area contributed by atoms with Crippen molar-refractivity contribution in [2.45, 2.75) is 30.5 Å². The summed E-state index contributed by atoms with van der Waals surface area (Å²) in [5.41, 5.74) is 0. The minimum absolute atomic E-state index is 0.0344. The highest BCUT2D eigenvalue weighted by Crippen LogP contribution is 2.30. The van der Waals surface area contributed by atoms with Crippen molar-refractivity contribution in [2.24, 2.45) is 0 Å². The molecular weight excluding hydrogens is 228 g/mol. The van der Waals surface area contributed by atoms with Gasteiger partial charge in [0.1, 0.15) is 5.76 Å². The normalized spacial score (nSPS) is 16.9. The first-order chi connectivity index (χ1) is 7.55. The number of hydrogen-bond acceptors (Lipinski definition) is 4. The molecule has 0 radical (unpaired) electrons. The molecule has 1 saturated carbocycles. The van der Waals surface area contributed by atoms with E-state index in [2.05, 4.69) is 5.32 Å². The molecule has 0 spiro atoms. The SMILES string of the molecule is CNCc1ccc(S(=O)(=O)N(C)C2CC2)o1. The Balaban J connectivity index is 2.21. The smallest absolute Gasteiger partial charge is 0.276 e. The molecule has 5 nitrogen and oxygen atoms in total. The maximum Gasteiger partial charge on any atom is 0.276 e. The Kier molecular flexibility index (Phi) is 3.05. The molecule has 0 bridgehead atoms. The van der Waals surface area contributed by atoms with Crippen molar-refractivity contribution in [3.05, 3.63) is 17.9 Å². The number of rotatable bonds is 5. The summed E-state index contributed by atoms with van der Waals surface area (Å²) in [4.78, 5) is 0. The first-order valence-electron chi connectivity index (χ1n) is 5.27. The van der Waals surface area contributed by atoms with Crippen molar-refractivity contribution >= 4 is 10.0 Å². The van der Waals surface area contributed by atoms with Gasteiger partial charge in [0.25, 0.3) is 10.0 Å². The molecule has 1 aromatic rings. The van der Waals surface area contributed by atoms with E-state index in [1.165, 1.54) is 10.4 Å². The number of nitrogens with zero attached hydrogens (tertiary/aromatic N) is 1. The van der Waals surface area contributed by atoms with Gasteiger partial charge in [0.2, 0.25) is 5.09 Å². The van der Waals surface area contributed by atoms with Crippen LogP contribution in [0, 0.1) is 0 Å². The van der Waals surface area contributed by atoms with Gasteiger partial charge in [-0.05, 0) is 32.0 Å². The van der Waals surface area contributed by atoms with Gasteiger partial charge in [-0.1, -0.05) is 0 Å². The van der Waals surface area contributed by atoms with Crippen LogP contribution in [0.3, 0.4) is 0 Å². The fourth-order valence-electron chi connectivity index (χ4n) is 1.54. The molecule has 0 saturated heterocycles. The predicted molar refractivity (Wildman–Crippen MR) is 59.4 cm³/mol. The molecule has 1 aliphatic carbocycles. The topological polar surface area (TPSA) is 62.6 Å². The average molecular weight is 244 g/mol. The summed E-state index contributed by atoms with van der Waals surface area (Å²) in [6, 6.07) is 3.35. The standard InChI is InChI=1S/C10H16N2O3S/c1-11-7-9-5-6-10(15-9)16(13,14)12(2)8-3-4-8/h5-6,8,11H,3-4,7H2,1-2H3. The molecule has 16 heavy (non-hydrogen) atoms. The summed E-state index contributed by atoms with van der Waals surface area (Å²) in [5.74, 6) is 0.630. The van der Waals surface area contributed by atoms with Crippen LogP contribution in [0.1, 0.15) is 18.6 Å². The monoisotopic (exact) mass is 244 g/mol. The van der Waals surface area contributed by atoms with E-state index in [1.54, 1.807) is 20.2 Å². The molecule has 1 N–H and O–H groups in total. The molecule has 0 aliphatic heterocycles. The molecule has 1 aromatic heterocycles. The molecule has 1 heterocycles. The van der Waals surface area contributed by atoms with Crippen molar-refractivity contribution in [1.82, 2.24) is 9.62 Å². The molecule has 90 valence electrons. The highest BCUT2D eigenvalue weighted by molar-refractivity contribution is 7.89. The van der Waals surface area contributed by atoms with E-state index < -0.39 is 10.0 Å². The Morgan fingerprint density at radius 2 is 2.19 bits per heavy atom. The lowest BCUT2D eigenvalue weighted by Crippen LogP contribution is -2.28. The van der Waals surface area contributed by atoms with Gasteiger partial charge in [0.05, 0.1) is 6.54 Å². The van der Waals surface area contributed by atoms with Gasteiger partial charge < -0.3 is 9.73 Å². The second kappa shape index (κ2) is 4.20. The van der Waals surface area contributed by atoms with E-state index in [9.17, 15) is 8.42 Å². The zero-order valence-corrected chi connectivity index (χ0v) is 10.3. The second-order valence-corrected chi connectivity index (χ2v) is 5.93. The minimum atomic E-state index is -3.43. The molecule has 0 atom stereocenters. The van der Waals surface area contributed by atoms with E-state index in [0.717, 1.165) is 12.8 Å². The number of furan rings is 1. The van der Waals surface area contributed by atoms with Crippen LogP contribution in [0.25, 0.3) is 0 Å². The van der Waals surface area contributed by atoms with Gasteiger partial charge in [0.15, 0.2) is 0 Å². The second-order valence-electron chi connectivity index (χ2n) is 4.00. The lowest BCUT2D eigenvalue weighted by atomic mass is 10.4. The van der Waals surface area contributed by atoms with Crippen molar-refractivity contribution in [3.63, 3.8) is 0 Å². The highest BCUT2D eigenvalue weighted by atomic mass is 32.2. The summed E-state index contributed by atoms with van der Waals surface area (Å²) in [6.45, 7) is 0.530. The quantitative estimate of drug-likeness (QED) is 0.831. The molecule has 1 fully saturated rings. The van der Waals surface area contributed by atoms with Crippen LogP contribution in [0.5, 0.6) is 0 Å². The van der Waals surface area contributed by atoms with Crippen LogP contribution in [0.2, 0.25) is 0 Å². The van der Waals surface area contributed by atoms with Crippen molar-refractivity contribution in [2.75, 3.05) is 14.1 Å². The van der Waals surface area contributed by atoms with Gasteiger partial charge in [-0.2, -0.15) is 4.31 Å². The number of hydrogen-bond donors (Lipinski definition) is 1. The summed E-state index contributed by atoms with van der Waals surface area (Å²) in [7, 11) is -0.0452. The maximum atomic E-state index is 12.0. The van der Waals surface area contributed by atoms with E-state index in [-0.39, 0.29) is 11.1 Å². The van der Waals surface area contributed by atoms with Crippen LogP contribution < -0.4 is 5.32 Å². The predicted octanol–water partition coefficient (Wildman–Crippen LogP) is 0.782. The van der Waals surface area contributed by atoms with Crippen molar-refractivity contribution in [3.8, 4) is 0 Å². The van der Waals surface area contributed by atoms with Crippen molar-refractivity contribution < 1.29 is 12.8 Å². The molecule has 0 amide bonds. The van der Waals surface area contributed by atoms with Gasteiger partial charge in [-0.15, -0.1) is 0 Å². The first-order valence-corrected chi connectivity index (χ1v) is 6.71. The minimum Gasteiger partial charge on any atom is -0.447 e. The van der Waals surface area contributed by atoms with E-state index >= 15 is 0 Å². The fourth-order valence-corrected chi connectivity index (χ4v) is 2.88. The van der Waals surface area contributed by atoms with Crippen LogP contribution >= 0.6 is 0 Å². The lowest BCUT2D eigenvalue weighted by molar-refractivity contribution is 0.381. The third kappa shape index (κ3) is 2.14. The largest absolute Gasteiger partial charge is 0.447 e.